The Morgan fingerprint density at radius 1 is 1.52 bits per heavy atom. The van der Waals surface area contributed by atoms with E-state index in [-0.39, 0.29) is 5.91 Å². The molecular formula is C17H15BrN6OS2. The number of halogens is 1. The van der Waals surface area contributed by atoms with E-state index < -0.39 is 0 Å². The first-order valence-electron chi connectivity index (χ1n) is 8.20. The third kappa shape index (κ3) is 3.82. The third-order valence-electron chi connectivity index (χ3n) is 4.35. The van der Waals surface area contributed by atoms with E-state index in [2.05, 4.69) is 42.3 Å². The lowest BCUT2D eigenvalue weighted by Crippen LogP contribution is -2.29. The zero-order valence-corrected chi connectivity index (χ0v) is 17.6. The summed E-state index contributed by atoms with van der Waals surface area (Å²) in [7, 11) is 1.76. The highest BCUT2D eigenvalue weighted by molar-refractivity contribution is 9.11. The van der Waals surface area contributed by atoms with Gasteiger partial charge in [0.15, 0.2) is 3.92 Å². The van der Waals surface area contributed by atoms with E-state index in [0.29, 0.717) is 16.1 Å². The predicted octanol–water partition coefficient (Wildman–Crippen LogP) is 3.38. The van der Waals surface area contributed by atoms with Crippen molar-refractivity contribution in [2.75, 3.05) is 11.9 Å². The molecule has 7 nitrogen and oxygen atoms in total. The van der Waals surface area contributed by atoms with Crippen LogP contribution in [0, 0.1) is 11.3 Å². The Hall–Kier alpha value is -2.06. The molecule has 10 heteroatoms. The summed E-state index contributed by atoms with van der Waals surface area (Å²) in [5.74, 6) is -0.248. The lowest BCUT2D eigenvalue weighted by molar-refractivity contribution is 0.102. The maximum absolute atomic E-state index is 12.4. The number of hydrogen-bond acceptors (Lipinski definition) is 7. The van der Waals surface area contributed by atoms with Crippen LogP contribution in [0.15, 0.2) is 21.7 Å². The first kappa shape index (κ1) is 18.3. The summed E-state index contributed by atoms with van der Waals surface area (Å²) in [5.41, 5.74) is 3.16. The van der Waals surface area contributed by atoms with Crippen molar-refractivity contribution in [2.45, 2.75) is 19.5 Å². The van der Waals surface area contributed by atoms with Crippen molar-refractivity contribution in [3.63, 3.8) is 0 Å². The third-order valence-corrected chi connectivity index (χ3v) is 6.90. The molecule has 4 rings (SSSR count). The van der Waals surface area contributed by atoms with Crippen LogP contribution in [0.5, 0.6) is 0 Å². The number of rotatable bonds is 4. The van der Waals surface area contributed by atoms with Crippen molar-refractivity contribution >= 4 is 49.5 Å². The van der Waals surface area contributed by atoms with E-state index in [1.807, 2.05) is 5.38 Å². The largest absolute Gasteiger partial charge is 0.312 e. The Morgan fingerprint density at radius 3 is 3.04 bits per heavy atom. The molecule has 0 aromatic carbocycles. The lowest BCUT2D eigenvalue weighted by Gasteiger charge is -2.25. The highest BCUT2D eigenvalue weighted by atomic mass is 79.9. The highest BCUT2D eigenvalue weighted by Gasteiger charge is 2.26. The van der Waals surface area contributed by atoms with Gasteiger partial charge in [-0.15, -0.1) is 22.7 Å². The van der Waals surface area contributed by atoms with Crippen molar-refractivity contribution < 1.29 is 4.79 Å². The van der Waals surface area contributed by atoms with E-state index in [4.69, 9.17) is 0 Å². The van der Waals surface area contributed by atoms with E-state index >= 15 is 0 Å². The van der Waals surface area contributed by atoms with Gasteiger partial charge in [0.2, 0.25) is 0 Å². The summed E-state index contributed by atoms with van der Waals surface area (Å²) >= 11 is 6.46. The average Bonchev–Trinajstić information content (AvgIpc) is 3.33. The van der Waals surface area contributed by atoms with Crippen molar-refractivity contribution in [1.82, 2.24) is 19.7 Å². The molecule has 0 fully saturated rings. The number of carbonyl (C=O) groups excluding carboxylic acids is 1. The zero-order valence-electron chi connectivity index (χ0n) is 14.4. The maximum Gasteiger partial charge on any atom is 0.259 e. The topological polar surface area (TPSA) is 86.8 Å². The van der Waals surface area contributed by atoms with Gasteiger partial charge in [0, 0.05) is 43.1 Å². The monoisotopic (exact) mass is 462 g/mol. The van der Waals surface area contributed by atoms with Gasteiger partial charge < -0.3 is 5.32 Å². The van der Waals surface area contributed by atoms with Gasteiger partial charge >= 0.3 is 0 Å². The standard InChI is InChI=1S/C17H15BrN6OS2/c1-23-6-10(5-20-23)15(25)22-16-13(4-19)12-2-3-24(8-14(12)27-16)7-11-9-26-17(18)21-11/h5-6,9H,2-3,7-8H2,1H3,(H,22,25). The van der Waals surface area contributed by atoms with Crippen molar-refractivity contribution in [3.8, 4) is 6.07 Å². The average molecular weight is 463 g/mol. The lowest BCUT2D eigenvalue weighted by atomic mass is 10.0. The van der Waals surface area contributed by atoms with Crippen LogP contribution in [-0.2, 0) is 26.6 Å². The molecule has 27 heavy (non-hydrogen) atoms. The molecular weight excluding hydrogens is 448 g/mol. The number of amides is 1. The highest BCUT2D eigenvalue weighted by Crippen LogP contribution is 2.37. The first-order chi connectivity index (χ1) is 13.0. The molecule has 0 saturated heterocycles. The molecule has 138 valence electrons. The van der Waals surface area contributed by atoms with E-state index in [1.54, 1.807) is 29.3 Å². The SMILES string of the molecule is Cn1cc(C(=O)Nc2sc3c(c2C#N)CCN(Cc2csc(Br)n2)C3)cn1. The molecule has 1 aliphatic heterocycles. The zero-order chi connectivity index (χ0) is 19.0. The van der Waals surface area contributed by atoms with Crippen molar-refractivity contribution in [2.24, 2.45) is 7.05 Å². The molecule has 3 aromatic rings. The second kappa shape index (κ2) is 7.52. The van der Waals surface area contributed by atoms with E-state index in [1.165, 1.54) is 17.5 Å². The molecule has 0 aliphatic carbocycles. The maximum atomic E-state index is 12.4. The minimum absolute atomic E-state index is 0.248. The van der Waals surface area contributed by atoms with Crippen LogP contribution in [0.3, 0.4) is 0 Å². The quantitative estimate of drug-likeness (QED) is 0.641. The van der Waals surface area contributed by atoms with Crippen LogP contribution in [0.2, 0.25) is 0 Å². The molecule has 0 atom stereocenters. The molecule has 0 saturated carbocycles. The van der Waals surface area contributed by atoms with Crippen LogP contribution < -0.4 is 5.32 Å². The summed E-state index contributed by atoms with van der Waals surface area (Å²) in [6.45, 7) is 2.40. The molecule has 0 bridgehead atoms. The molecule has 0 spiro atoms. The van der Waals surface area contributed by atoms with Gasteiger partial charge in [-0.1, -0.05) is 0 Å². The molecule has 0 radical (unpaired) electrons. The van der Waals surface area contributed by atoms with E-state index in [9.17, 15) is 10.1 Å². The molecule has 1 N–H and O–H groups in total. The number of aryl methyl sites for hydroxylation is 1. The number of carbonyl (C=O) groups is 1. The van der Waals surface area contributed by atoms with Gasteiger partial charge in [-0.2, -0.15) is 10.4 Å². The van der Waals surface area contributed by atoms with Crippen molar-refractivity contribution in [3.05, 3.63) is 49.0 Å². The molecule has 4 heterocycles. The van der Waals surface area contributed by atoms with Gasteiger partial charge in [0.05, 0.1) is 23.0 Å². The molecule has 0 unspecified atom stereocenters. The fourth-order valence-electron chi connectivity index (χ4n) is 3.10. The van der Waals surface area contributed by atoms with Crippen LogP contribution >= 0.6 is 38.6 Å². The molecule has 1 aliphatic rings. The van der Waals surface area contributed by atoms with Crippen LogP contribution in [0.25, 0.3) is 0 Å². The van der Waals surface area contributed by atoms with Crippen molar-refractivity contribution in [1.29, 1.82) is 5.26 Å². The van der Waals surface area contributed by atoms with Gasteiger partial charge in [0.1, 0.15) is 11.1 Å². The number of fused-ring (bicyclic) bond motifs is 1. The number of nitrogens with zero attached hydrogens (tertiary/aromatic N) is 5. The Morgan fingerprint density at radius 2 is 2.37 bits per heavy atom. The number of nitriles is 1. The van der Waals surface area contributed by atoms with E-state index in [0.717, 1.165) is 46.1 Å². The first-order valence-corrected chi connectivity index (χ1v) is 10.7. The fourth-order valence-corrected chi connectivity index (χ4v) is 5.37. The second-order valence-electron chi connectivity index (χ2n) is 6.23. The minimum Gasteiger partial charge on any atom is -0.312 e. The van der Waals surface area contributed by atoms with Crippen LogP contribution in [0.4, 0.5) is 5.00 Å². The second-order valence-corrected chi connectivity index (χ2v) is 9.47. The Balaban J connectivity index is 1.52. The van der Waals surface area contributed by atoms with Gasteiger partial charge in [0.25, 0.3) is 5.91 Å². The molecule has 3 aromatic heterocycles. The fraction of sp³-hybridized carbons (Fsp3) is 0.294. The predicted molar refractivity (Wildman–Crippen MR) is 108 cm³/mol. The Labute approximate surface area is 172 Å². The summed E-state index contributed by atoms with van der Waals surface area (Å²) in [6, 6.07) is 2.27. The number of anilines is 1. The summed E-state index contributed by atoms with van der Waals surface area (Å²) in [5, 5.41) is 19.2. The summed E-state index contributed by atoms with van der Waals surface area (Å²) in [4.78, 5) is 20.3. The summed E-state index contributed by atoms with van der Waals surface area (Å²) in [6.07, 6.45) is 3.97. The molecule has 1 amide bonds. The summed E-state index contributed by atoms with van der Waals surface area (Å²) < 4.78 is 2.47. The number of thiophene rings is 1. The number of thiazole rings is 1. The number of nitrogens with one attached hydrogen (secondary N) is 1. The van der Waals surface area contributed by atoms with Gasteiger partial charge in [-0.25, -0.2) is 4.98 Å². The van der Waals surface area contributed by atoms with Gasteiger partial charge in [-0.3, -0.25) is 14.4 Å². The Kier molecular flexibility index (Phi) is 5.10. The van der Waals surface area contributed by atoms with Crippen LogP contribution in [0.1, 0.15) is 32.1 Å². The Bertz CT molecular complexity index is 1050. The normalized spacial score (nSPS) is 14.0. The number of aromatic nitrogens is 3. The van der Waals surface area contributed by atoms with Crippen LogP contribution in [-0.4, -0.2) is 32.1 Å². The van der Waals surface area contributed by atoms with Gasteiger partial charge in [-0.05, 0) is 27.9 Å². The minimum atomic E-state index is -0.248. The number of hydrogen-bond donors (Lipinski definition) is 1. The smallest absolute Gasteiger partial charge is 0.259 e.